The second kappa shape index (κ2) is 13.9. The van der Waals surface area contributed by atoms with E-state index in [4.69, 9.17) is 33.1 Å². The van der Waals surface area contributed by atoms with Gasteiger partial charge in [0.25, 0.3) is 5.91 Å². The molecule has 0 bridgehead atoms. The Hall–Kier alpha value is -2.26. The average molecular weight is 418 g/mol. The van der Waals surface area contributed by atoms with Gasteiger partial charge < -0.3 is 9.84 Å². The highest BCUT2D eigenvalue weighted by Crippen LogP contribution is 2.09. The maximum absolute atomic E-state index is 11.4. The smallest absolute Gasteiger partial charge is 0.335 e. The molecule has 0 unspecified atom stereocenters. The molecule has 2 aromatic rings. The molecule has 0 saturated carbocycles. The number of hydrogen-bond acceptors (Lipinski definition) is 6. The zero-order valence-corrected chi connectivity index (χ0v) is 16.9. The third-order valence-corrected chi connectivity index (χ3v) is 3.21. The number of aromatic nitrogens is 2. The third-order valence-electron chi connectivity index (χ3n) is 2.80. The highest BCUT2D eigenvalue weighted by atomic mass is 35.5. The molecule has 0 spiro atoms. The predicted octanol–water partition coefficient (Wildman–Crippen LogP) is 3.45. The Labute approximate surface area is 167 Å². The number of halogens is 2. The van der Waals surface area contributed by atoms with Crippen molar-refractivity contribution < 1.29 is 24.3 Å². The zero-order chi connectivity index (χ0) is 20.8. The van der Waals surface area contributed by atoms with Crippen LogP contribution in [0.3, 0.4) is 0 Å². The molecular formula is C17H21Cl2N3O5. The number of methoxy groups -OCH3 is 1. The molecule has 0 radical (unpaired) electrons. The Morgan fingerprint density at radius 3 is 1.85 bits per heavy atom. The fourth-order valence-corrected chi connectivity index (χ4v) is 1.68. The van der Waals surface area contributed by atoms with Gasteiger partial charge in [-0.25, -0.2) is 19.8 Å². The van der Waals surface area contributed by atoms with Gasteiger partial charge in [-0.1, -0.05) is 23.2 Å². The molecular weight excluding hydrogens is 397 g/mol. The van der Waals surface area contributed by atoms with Crippen LogP contribution < -0.4 is 0 Å². The van der Waals surface area contributed by atoms with E-state index in [-0.39, 0.29) is 21.8 Å². The van der Waals surface area contributed by atoms with Crippen molar-refractivity contribution >= 4 is 35.1 Å². The monoisotopic (exact) mass is 417 g/mol. The summed E-state index contributed by atoms with van der Waals surface area (Å²) in [6.07, 6.45) is 2.82. The summed E-state index contributed by atoms with van der Waals surface area (Å²) >= 11 is 11.0. The zero-order valence-electron chi connectivity index (χ0n) is 15.3. The molecule has 0 aliphatic rings. The first kappa shape index (κ1) is 24.7. The number of carbonyl (C=O) groups excluding carboxylic acids is 1. The molecule has 0 fully saturated rings. The molecule has 0 saturated heterocycles. The minimum absolute atomic E-state index is 0.153. The van der Waals surface area contributed by atoms with Crippen LogP contribution in [0.2, 0.25) is 10.3 Å². The number of nitrogens with zero attached hydrogens (tertiary/aromatic N) is 3. The van der Waals surface area contributed by atoms with Crippen molar-refractivity contribution in [3.8, 4) is 0 Å². The number of hydroxylamine groups is 2. The quantitative estimate of drug-likeness (QED) is 0.599. The van der Waals surface area contributed by atoms with Gasteiger partial charge >= 0.3 is 5.97 Å². The lowest BCUT2D eigenvalue weighted by molar-refractivity contribution is -0.0757. The van der Waals surface area contributed by atoms with Gasteiger partial charge in [-0.15, -0.1) is 0 Å². The molecule has 0 aliphatic heterocycles. The molecule has 0 aromatic carbocycles. The average Bonchev–Trinajstić information content (AvgIpc) is 2.67. The molecule has 1 N–H and O–H groups in total. The van der Waals surface area contributed by atoms with Crippen LogP contribution in [0.4, 0.5) is 0 Å². The first-order chi connectivity index (χ1) is 12.8. The first-order valence-electron chi connectivity index (χ1n) is 7.54. The lowest BCUT2D eigenvalue weighted by atomic mass is 10.2. The molecule has 1 amide bonds. The SMILES string of the molecule is CCOC.CON(C)C(=O)c1ccnc(Cl)c1.O=C(O)c1ccnc(Cl)c1. The van der Waals surface area contributed by atoms with Crippen LogP contribution in [0, 0.1) is 0 Å². The van der Waals surface area contributed by atoms with Gasteiger partial charge in [0.05, 0.1) is 12.7 Å². The summed E-state index contributed by atoms with van der Waals surface area (Å²) < 4.78 is 4.54. The first-order valence-corrected chi connectivity index (χ1v) is 8.29. The van der Waals surface area contributed by atoms with Gasteiger partial charge in [0.1, 0.15) is 10.3 Å². The van der Waals surface area contributed by atoms with Gasteiger partial charge in [-0.05, 0) is 31.2 Å². The van der Waals surface area contributed by atoms with E-state index < -0.39 is 5.97 Å². The van der Waals surface area contributed by atoms with E-state index in [2.05, 4.69) is 14.7 Å². The van der Waals surface area contributed by atoms with Crippen LogP contribution in [-0.4, -0.2) is 59.9 Å². The Balaban J connectivity index is 0.000000428. The summed E-state index contributed by atoms with van der Waals surface area (Å²) in [5, 5.41) is 10.0. The number of carbonyl (C=O) groups is 2. The number of carboxylic acid groups (broad SMARTS) is 1. The highest BCUT2D eigenvalue weighted by Gasteiger charge is 2.11. The lowest BCUT2D eigenvalue weighted by Crippen LogP contribution is -2.25. The van der Waals surface area contributed by atoms with E-state index in [9.17, 15) is 9.59 Å². The van der Waals surface area contributed by atoms with E-state index >= 15 is 0 Å². The molecule has 148 valence electrons. The minimum Gasteiger partial charge on any atom is -0.478 e. The summed E-state index contributed by atoms with van der Waals surface area (Å²) in [5.74, 6) is -1.25. The number of carboxylic acids is 1. The van der Waals surface area contributed by atoms with Gasteiger partial charge in [0.15, 0.2) is 0 Å². The number of rotatable bonds is 4. The highest BCUT2D eigenvalue weighted by molar-refractivity contribution is 6.30. The van der Waals surface area contributed by atoms with E-state index in [1.54, 1.807) is 13.2 Å². The summed E-state index contributed by atoms with van der Waals surface area (Å²) in [5.41, 5.74) is 0.601. The number of hydrogen-bond donors (Lipinski definition) is 1. The van der Waals surface area contributed by atoms with Gasteiger partial charge in [0.2, 0.25) is 0 Å². The van der Waals surface area contributed by atoms with Crippen LogP contribution in [0.15, 0.2) is 36.7 Å². The largest absolute Gasteiger partial charge is 0.478 e. The number of pyridine rings is 2. The van der Waals surface area contributed by atoms with Crippen molar-refractivity contribution in [1.29, 1.82) is 0 Å². The van der Waals surface area contributed by atoms with Crippen molar-refractivity contribution in [3.05, 3.63) is 58.1 Å². The Bertz CT molecular complexity index is 729. The standard InChI is InChI=1S/C8H9ClN2O2.C6H4ClNO2.C3H8O/c1-11(13-2)8(12)6-3-4-10-7(9)5-6;7-5-3-4(6(9)10)1-2-8-5;1-3-4-2/h3-5H,1-2H3;1-3H,(H,9,10);3H2,1-2H3. The molecule has 2 rings (SSSR count). The summed E-state index contributed by atoms with van der Waals surface area (Å²) in [7, 11) is 4.62. The van der Waals surface area contributed by atoms with Gasteiger partial charge in [0, 0.05) is 38.7 Å². The predicted molar refractivity (Wildman–Crippen MR) is 102 cm³/mol. The molecule has 0 atom stereocenters. The lowest BCUT2D eigenvalue weighted by Gasteiger charge is -2.12. The van der Waals surface area contributed by atoms with Gasteiger partial charge in [-0.3, -0.25) is 9.63 Å². The van der Waals surface area contributed by atoms with E-state index in [0.29, 0.717) is 5.56 Å². The molecule has 2 heterocycles. The summed E-state index contributed by atoms with van der Waals surface area (Å²) in [6.45, 7) is 2.78. The van der Waals surface area contributed by atoms with Crippen molar-refractivity contribution in [2.24, 2.45) is 0 Å². The minimum atomic E-state index is -0.996. The fraction of sp³-hybridized carbons (Fsp3) is 0.294. The normalized spacial score (nSPS) is 9.26. The second-order valence-corrected chi connectivity index (χ2v) is 5.38. The number of aromatic carboxylic acids is 1. The topological polar surface area (TPSA) is 102 Å². The Morgan fingerprint density at radius 2 is 1.52 bits per heavy atom. The second-order valence-electron chi connectivity index (χ2n) is 4.60. The molecule has 0 aliphatic carbocycles. The Morgan fingerprint density at radius 1 is 1.07 bits per heavy atom. The van der Waals surface area contributed by atoms with Gasteiger partial charge in [-0.2, -0.15) is 0 Å². The third kappa shape index (κ3) is 10.5. The number of amides is 1. The molecule has 2 aromatic heterocycles. The van der Waals surface area contributed by atoms with Crippen molar-refractivity contribution in [3.63, 3.8) is 0 Å². The van der Waals surface area contributed by atoms with E-state index in [1.165, 1.54) is 44.8 Å². The summed E-state index contributed by atoms with van der Waals surface area (Å²) in [4.78, 5) is 33.8. The number of ether oxygens (including phenoxy) is 1. The van der Waals surface area contributed by atoms with Crippen LogP contribution in [-0.2, 0) is 9.57 Å². The molecule has 10 heteroatoms. The maximum Gasteiger partial charge on any atom is 0.335 e. The Kier molecular flexibility index (Phi) is 12.7. The maximum atomic E-state index is 11.4. The van der Waals surface area contributed by atoms with E-state index in [0.717, 1.165) is 11.7 Å². The van der Waals surface area contributed by atoms with Crippen LogP contribution in [0.1, 0.15) is 27.6 Å². The van der Waals surface area contributed by atoms with E-state index in [1.807, 2.05) is 6.92 Å². The molecule has 8 nitrogen and oxygen atoms in total. The molecule has 27 heavy (non-hydrogen) atoms. The fourth-order valence-electron chi connectivity index (χ4n) is 1.34. The van der Waals surface area contributed by atoms with Crippen molar-refractivity contribution in [1.82, 2.24) is 15.0 Å². The van der Waals surface area contributed by atoms with Crippen LogP contribution in [0.25, 0.3) is 0 Å². The summed E-state index contributed by atoms with van der Waals surface area (Å²) in [6, 6.07) is 5.74. The van der Waals surface area contributed by atoms with Crippen LogP contribution >= 0.6 is 23.2 Å². The van der Waals surface area contributed by atoms with Crippen molar-refractivity contribution in [2.75, 3.05) is 27.9 Å². The van der Waals surface area contributed by atoms with Crippen molar-refractivity contribution in [2.45, 2.75) is 6.92 Å². The van der Waals surface area contributed by atoms with Crippen LogP contribution in [0.5, 0.6) is 0 Å².